The average molecular weight is 375 g/mol. The number of halogens is 1. The highest BCUT2D eigenvalue weighted by Crippen LogP contribution is 2.33. The van der Waals surface area contributed by atoms with Crippen LogP contribution >= 0.6 is 11.3 Å². The zero-order valence-electron chi connectivity index (χ0n) is 14.1. The van der Waals surface area contributed by atoms with Gasteiger partial charge in [0, 0.05) is 15.6 Å². The molecule has 0 radical (unpaired) electrons. The van der Waals surface area contributed by atoms with Crippen LogP contribution in [0.3, 0.4) is 0 Å². The number of nitrogens with one attached hydrogen (secondary N) is 1. The monoisotopic (exact) mass is 375 g/mol. The second-order valence-corrected chi connectivity index (χ2v) is 7.01. The average Bonchev–Trinajstić information content (AvgIpc) is 2.69. The molecule has 0 aliphatic heterocycles. The minimum absolute atomic E-state index is 0.134. The molecule has 0 aliphatic rings. The molecule has 1 N–H and O–H groups in total. The van der Waals surface area contributed by atoms with Gasteiger partial charge in [-0.2, -0.15) is 0 Å². The number of amides is 1. The lowest BCUT2D eigenvalue weighted by Crippen LogP contribution is -2.15. The van der Waals surface area contributed by atoms with Gasteiger partial charge in [0.2, 0.25) is 0 Å². The van der Waals surface area contributed by atoms with Crippen LogP contribution in [-0.2, 0) is 0 Å². The largest absolute Gasteiger partial charge is 0.313 e. The summed E-state index contributed by atoms with van der Waals surface area (Å²) in [5.41, 5.74) is 1.38. The van der Waals surface area contributed by atoms with Crippen LogP contribution in [0.4, 0.5) is 9.39 Å². The van der Waals surface area contributed by atoms with Crippen molar-refractivity contribution in [1.82, 2.24) is 0 Å². The number of carbonyl (C=O) groups is 1. The van der Waals surface area contributed by atoms with Gasteiger partial charge in [-0.05, 0) is 42.0 Å². The number of fused-ring (bicyclic) bond motifs is 1. The third-order valence-corrected chi connectivity index (χ3v) is 5.28. The summed E-state index contributed by atoms with van der Waals surface area (Å²) in [4.78, 5) is 25.7. The van der Waals surface area contributed by atoms with Gasteiger partial charge in [-0.3, -0.25) is 9.59 Å². The molecule has 0 saturated heterocycles. The van der Waals surface area contributed by atoms with Crippen LogP contribution in [-0.4, -0.2) is 5.91 Å². The lowest BCUT2D eigenvalue weighted by molar-refractivity contribution is 0.102. The van der Waals surface area contributed by atoms with Gasteiger partial charge >= 0.3 is 0 Å². The van der Waals surface area contributed by atoms with E-state index in [0.717, 1.165) is 10.3 Å². The molecule has 0 atom stereocenters. The Kier molecular flexibility index (Phi) is 4.52. The lowest BCUT2D eigenvalue weighted by Gasteiger charge is -2.12. The number of anilines is 1. The molecule has 0 fully saturated rings. The number of benzene rings is 3. The van der Waals surface area contributed by atoms with Crippen LogP contribution in [0.5, 0.6) is 0 Å². The first-order valence-corrected chi connectivity index (χ1v) is 9.13. The maximum atomic E-state index is 13.1. The molecule has 132 valence electrons. The molecule has 1 heterocycles. The third-order valence-electron chi connectivity index (χ3n) is 4.19. The van der Waals surface area contributed by atoms with Crippen molar-refractivity contribution in [1.29, 1.82) is 0 Å². The SMILES string of the molecule is O=C(Nc1sc2ccccc2c(=O)c1-c1ccccc1)c1ccc(F)cc1. The van der Waals surface area contributed by atoms with Gasteiger partial charge in [-0.1, -0.05) is 42.5 Å². The Labute approximate surface area is 158 Å². The summed E-state index contributed by atoms with van der Waals surface area (Å²) in [5.74, 6) is -0.801. The predicted octanol–water partition coefficient (Wildman–Crippen LogP) is 5.32. The normalized spacial score (nSPS) is 10.7. The highest BCUT2D eigenvalue weighted by Gasteiger charge is 2.17. The number of hydrogen-bond donors (Lipinski definition) is 1. The highest BCUT2D eigenvalue weighted by atomic mass is 32.1. The Morgan fingerprint density at radius 3 is 2.26 bits per heavy atom. The molecule has 27 heavy (non-hydrogen) atoms. The fourth-order valence-corrected chi connectivity index (χ4v) is 3.97. The van der Waals surface area contributed by atoms with Crippen molar-refractivity contribution in [3.05, 3.63) is 100 Å². The van der Waals surface area contributed by atoms with Gasteiger partial charge in [-0.15, -0.1) is 11.3 Å². The van der Waals surface area contributed by atoms with Crippen LogP contribution < -0.4 is 10.7 Å². The summed E-state index contributed by atoms with van der Waals surface area (Å²) in [6, 6.07) is 21.8. The summed E-state index contributed by atoms with van der Waals surface area (Å²) in [6.45, 7) is 0. The molecule has 4 rings (SSSR count). The van der Waals surface area contributed by atoms with Crippen LogP contribution in [0.15, 0.2) is 83.7 Å². The van der Waals surface area contributed by atoms with E-state index in [4.69, 9.17) is 0 Å². The molecule has 1 amide bonds. The van der Waals surface area contributed by atoms with Gasteiger partial charge < -0.3 is 5.32 Å². The zero-order chi connectivity index (χ0) is 18.8. The fourth-order valence-electron chi connectivity index (χ4n) is 2.87. The zero-order valence-corrected chi connectivity index (χ0v) is 14.9. The van der Waals surface area contributed by atoms with Crippen molar-refractivity contribution in [2.45, 2.75) is 0 Å². The Morgan fingerprint density at radius 2 is 1.52 bits per heavy atom. The second kappa shape index (κ2) is 7.13. The Bertz CT molecular complexity index is 1180. The van der Waals surface area contributed by atoms with Crippen LogP contribution in [0.2, 0.25) is 0 Å². The van der Waals surface area contributed by atoms with E-state index >= 15 is 0 Å². The van der Waals surface area contributed by atoms with Crippen molar-refractivity contribution in [3.63, 3.8) is 0 Å². The molecule has 0 spiro atoms. The van der Waals surface area contributed by atoms with E-state index in [-0.39, 0.29) is 5.43 Å². The minimum Gasteiger partial charge on any atom is -0.313 e. The predicted molar refractivity (Wildman–Crippen MR) is 108 cm³/mol. The number of hydrogen-bond acceptors (Lipinski definition) is 3. The first-order valence-electron chi connectivity index (χ1n) is 8.31. The summed E-state index contributed by atoms with van der Waals surface area (Å²) < 4.78 is 13.9. The number of carbonyl (C=O) groups excluding carboxylic acids is 1. The van der Waals surface area contributed by atoms with E-state index in [1.54, 1.807) is 6.07 Å². The van der Waals surface area contributed by atoms with Crippen molar-refractivity contribution >= 4 is 32.3 Å². The highest BCUT2D eigenvalue weighted by molar-refractivity contribution is 7.22. The van der Waals surface area contributed by atoms with E-state index in [2.05, 4.69) is 5.32 Å². The Morgan fingerprint density at radius 1 is 0.852 bits per heavy atom. The van der Waals surface area contributed by atoms with Gasteiger partial charge in [0.15, 0.2) is 5.43 Å². The molecular formula is C22H14FNO2S. The minimum atomic E-state index is -0.410. The standard InChI is InChI=1S/C22H14FNO2S/c23-16-12-10-15(11-13-16)21(26)24-22-19(14-6-2-1-3-7-14)20(25)17-8-4-5-9-18(17)27-22/h1-13H,(H,24,26). The van der Waals surface area contributed by atoms with Gasteiger partial charge in [0.1, 0.15) is 10.8 Å². The van der Waals surface area contributed by atoms with Crippen molar-refractivity contribution < 1.29 is 9.18 Å². The van der Waals surface area contributed by atoms with E-state index in [9.17, 15) is 14.0 Å². The van der Waals surface area contributed by atoms with Crippen LogP contribution in [0.1, 0.15) is 10.4 Å². The quantitative estimate of drug-likeness (QED) is 0.527. The van der Waals surface area contributed by atoms with Crippen molar-refractivity contribution in [2.24, 2.45) is 0 Å². The Balaban J connectivity index is 1.87. The summed E-state index contributed by atoms with van der Waals surface area (Å²) in [6.07, 6.45) is 0. The van der Waals surface area contributed by atoms with E-state index < -0.39 is 11.7 Å². The third kappa shape index (κ3) is 3.37. The summed E-state index contributed by atoms with van der Waals surface area (Å²) in [5, 5.41) is 3.92. The molecule has 3 aromatic carbocycles. The Hall–Kier alpha value is -3.31. The van der Waals surface area contributed by atoms with Gasteiger partial charge in [0.25, 0.3) is 5.91 Å². The smallest absolute Gasteiger partial charge is 0.256 e. The second-order valence-electron chi connectivity index (χ2n) is 5.96. The molecule has 0 unspecified atom stereocenters. The van der Waals surface area contributed by atoms with E-state index in [1.165, 1.54) is 35.6 Å². The maximum absolute atomic E-state index is 13.1. The topological polar surface area (TPSA) is 46.2 Å². The number of rotatable bonds is 3. The summed E-state index contributed by atoms with van der Waals surface area (Å²) >= 11 is 1.34. The molecule has 5 heteroatoms. The van der Waals surface area contributed by atoms with Crippen molar-refractivity contribution in [2.75, 3.05) is 5.32 Å². The van der Waals surface area contributed by atoms with E-state index in [1.807, 2.05) is 48.5 Å². The maximum Gasteiger partial charge on any atom is 0.256 e. The van der Waals surface area contributed by atoms with Crippen LogP contribution in [0, 0.1) is 5.82 Å². The van der Waals surface area contributed by atoms with Crippen molar-refractivity contribution in [3.8, 4) is 11.1 Å². The molecule has 4 aromatic rings. The fraction of sp³-hybridized carbons (Fsp3) is 0. The molecule has 0 bridgehead atoms. The molecular weight excluding hydrogens is 361 g/mol. The molecule has 0 saturated carbocycles. The molecule has 3 nitrogen and oxygen atoms in total. The van der Waals surface area contributed by atoms with Gasteiger partial charge in [-0.25, -0.2) is 4.39 Å². The first-order chi connectivity index (χ1) is 13.1. The summed E-state index contributed by atoms with van der Waals surface area (Å²) in [7, 11) is 0. The van der Waals surface area contributed by atoms with Gasteiger partial charge in [0.05, 0.1) is 5.56 Å². The molecule has 1 aromatic heterocycles. The molecule has 0 aliphatic carbocycles. The van der Waals surface area contributed by atoms with E-state index in [0.29, 0.717) is 21.5 Å². The van der Waals surface area contributed by atoms with Crippen LogP contribution in [0.25, 0.3) is 21.2 Å². The lowest BCUT2D eigenvalue weighted by atomic mass is 10.1. The first kappa shape index (κ1) is 17.1.